The fourth-order valence-corrected chi connectivity index (χ4v) is 3.74. The van der Waals surface area contributed by atoms with Gasteiger partial charge < -0.3 is 24.3 Å². The molecule has 0 unspecified atom stereocenters. The second kappa shape index (κ2) is 12.9. The highest BCUT2D eigenvalue weighted by Crippen LogP contribution is 2.31. The topological polar surface area (TPSA) is 96.0 Å². The van der Waals surface area contributed by atoms with E-state index in [9.17, 15) is 14.0 Å². The summed E-state index contributed by atoms with van der Waals surface area (Å²) in [6, 6.07) is 13.4. The van der Waals surface area contributed by atoms with Crippen molar-refractivity contribution in [3.05, 3.63) is 82.9 Å². The molecule has 1 aromatic heterocycles. The van der Waals surface area contributed by atoms with E-state index in [-0.39, 0.29) is 28.8 Å². The first-order valence-corrected chi connectivity index (χ1v) is 12.0. The van der Waals surface area contributed by atoms with Crippen LogP contribution in [0.1, 0.15) is 42.9 Å². The zero-order valence-corrected chi connectivity index (χ0v) is 21.6. The standard InChI is InChI=1S/C27H28ClFN2O6/c1-5-35-25-22(34-4)11-12-30-23(25)26(32)31-16(2)27(33)36-17(3)24(18-9-7-6-8-10-18)37-21-14-19(28)13-20(29)15-21/h6-17,24H,5H2,1-4H3,(H,31,32)/t16-,17-,24-/m0/s1. The van der Waals surface area contributed by atoms with Crippen LogP contribution in [-0.4, -0.2) is 42.7 Å². The van der Waals surface area contributed by atoms with E-state index >= 15 is 0 Å². The first-order chi connectivity index (χ1) is 17.7. The zero-order chi connectivity index (χ0) is 26.9. The van der Waals surface area contributed by atoms with Crippen molar-refractivity contribution in [1.82, 2.24) is 10.3 Å². The molecule has 0 saturated carbocycles. The number of pyridine rings is 1. The molecule has 3 rings (SSSR count). The number of rotatable bonds is 11. The highest BCUT2D eigenvalue weighted by molar-refractivity contribution is 6.30. The molecule has 10 heteroatoms. The number of hydrogen-bond donors (Lipinski definition) is 1. The number of amides is 1. The van der Waals surface area contributed by atoms with E-state index in [1.165, 1.54) is 32.4 Å². The van der Waals surface area contributed by atoms with Gasteiger partial charge in [-0.2, -0.15) is 0 Å². The largest absolute Gasteiger partial charge is 0.493 e. The molecular weight excluding hydrogens is 503 g/mol. The second-order valence-electron chi connectivity index (χ2n) is 8.02. The monoisotopic (exact) mass is 530 g/mol. The van der Waals surface area contributed by atoms with Crippen molar-refractivity contribution < 1.29 is 32.9 Å². The smallest absolute Gasteiger partial charge is 0.328 e. The van der Waals surface area contributed by atoms with Crippen LogP contribution in [0.25, 0.3) is 0 Å². The molecule has 3 aromatic rings. The van der Waals surface area contributed by atoms with Crippen LogP contribution in [0, 0.1) is 5.82 Å². The third-order valence-electron chi connectivity index (χ3n) is 5.25. The van der Waals surface area contributed by atoms with Gasteiger partial charge >= 0.3 is 5.97 Å². The number of methoxy groups -OCH3 is 1. The van der Waals surface area contributed by atoms with Gasteiger partial charge in [0.25, 0.3) is 5.91 Å². The summed E-state index contributed by atoms with van der Waals surface area (Å²) in [6.45, 7) is 5.17. The van der Waals surface area contributed by atoms with Gasteiger partial charge in [-0.3, -0.25) is 4.79 Å². The molecule has 0 aliphatic carbocycles. The number of carbonyl (C=O) groups is 2. The minimum absolute atomic E-state index is 0.0256. The Hall–Kier alpha value is -3.85. The molecular formula is C27H28ClFN2O6. The SMILES string of the molecule is CCOc1c(OC)ccnc1C(=O)N[C@@H](C)C(=O)O[C@@H](C)[C@H](Oc1cc(F)cc(Cl)c1)c1ccccc1. The molecule has 8 nitrogen and oxygen atoms in total. The van der Waals surface area contributed by atoms with Crippen molar-refractivity contribution in [2.75, 3.05) is 13.7 Å². The Bertz CT molecular complexity index is 1210. The molecule has 37 heavy (non-hydrogen) atoms. The summed E-state index contributed by atoms with van der Waals surface area (Å²) in [4.78, 5) is 29.9. The quantitative estimate of drug-likeness (QED) is 0.342. The Kier molecular flexibility index (Phi) is 9.68. The number of benzene rings is 2. The molecule has 0 saturated heterocycles. The summed E-state index contributed by atoms with van der Waals surface area (Å²) in [5.74, 6) is -1.21. The van der Waals surface area contributed by atoms with E-state index in [0.29, 0.717) is 11.3 Å². The number of nitrogens with zero attached hydrogens (tertiary/aromatic N) is 1. The fourth-order valence-electron chi connectivity index (χ4n) is 3.53. The molecule has 1 amide bonds. The predicted octanol–water partition coefficient (Wildman–Crippen LogP) is 5.15. The molecule has 2 aromatic carbocycles. The minimum Gasteiger partial charge on any atom is -0.493 e. The van der Waals surface area contributed by atoms with Crippen LogP contribution in [0.15, 0.2) is 60.8 Å². The number of halogens is 2. The van der Waals surface area contributed by atoms with E-state index in [4.69, 9.17) is 30.5 Å². The number of esters is 1. The van der Waals surface area contributed by atoms with Gasteiger partial charge in [-0.15, -0.1) is 0 Å². The van der Waals surface area contributed by atoms with Crippen LogP contribution < -0.4 is 19.5 Å². The molecule has 3 atom stereocenters. The maximum absolute atomic E-state index is 13.9. The molecule has 0 aliphatic rings. The fraction of sp³-hybridized carbons (Fsp3) is 0.296. The summed E-state index contributed by atoms with van der Waals surface area (Å²) in [5, 5.41) is 2.74. The van der Waals surface area contributed by atoms with E-state index in [0.717, 1.165) is 6.07 Å². The number of carbonyl (C=O) groups excluding carboxylic acids is 2. The van der Waals surface area contributed by atoms with E-state index in [1.54, 1.807) is 44.2 Å². The summed E-state index contributed by atoms with van der Waals surface area (Å²) in [5.41, 5.74) is 0.671. The first-order valence-electron chi connectivity index (χ1n) is 11.6. The predicted molar refractivity (Wildman–Crippen MR) is 136 cm³/mol. The molecule has 196 valence electrons. The third-order valence-corrected chi connectivity index (χ3v) is 5.47. The Balaban J connectivity index is 1.74. The maximum atomic E-state index is 13.9. The van der Waals surface area contributed by atoms with Crippen LogP contribution in [0.5, 0.6) is 17.2 Å². The summed E-state index contributed by atoms with van der Waals surface area (Å²) in [6.07, 6.45) is -0.192. The van der Waals surface area contributed by atoms with Gasteiger partial charge in [-0.25, -0.2) is 14.2 Å². The van der Waals surface area contributed by atoms with Gasteiger partial charge in [0.15, 0.2) is 23.3 Å². The van der Waals surface area contributed by atoms with Gasteiger partial charge in [-0.05, 0) is 38.5 Å². The molecule has 0 bridgehead atoms. The van der Waals surface area contributed by atoms with Crippen molar-refractivity contribution in [3.8, 4) is 17.2 Å². The van der Waals surface area contributed by atoms with Gasteiger partial charge in [0.1, 0.15) is 23.7 Å². The van der Waals surface area contributed by atoms with Crippen LogP contribution in [0.4, 0.5) is 4.39 Å². The van der Waals surface area contributed by atoms with Crippen molar-refractivity contribution in [1.29, 1.82) is 0 Å². The average Bonchev–Trinajstić information content (AvgIpc) is 2.87. The normalized spacial score (nSPS) is 13.1. The lowest BCUT2D eigenvalue weighted by molar-refractivity contribution is -0.154. The number of hydrogen-bond acceptors (Lipinski definition) is 7. The summed E-state index contributed by atoms with van der Waals surface area (Å²) < 4.78 is 36.3. The Labute approximate surface area is 219 Å². The summed E-state index contributed by atoms with van der Waals surface area (Å²) in [7, 11) is 1.45. The Morgan fingerprint density at radius 2 is 1.84 bits per heavy atom. The van der Waals surface area contributed by atoms with Gasteiger partial charge in [0.05, 0.1) is 13.7 Å². The van der Waals surface area contributed by atoms with E-state index in [2.05, 4.69) is 10.3 Å². The average molecular weight is 531 g/mol. The van der Waals surface area contributed by atoms with E-state index < -0.39 is 35.9 Å². The highest BCUT2D eigenvalue weighted by atomic mass is 35.5. The molecule has 1 heterocycles. The molecule has 0 fully saturated rings. The van der Waals surface area contributed by atoms with Crippen LogP contribution >= 0.6 is 11.6 Å². The summed E-state index contributed by atoms with van der Waals surface area (Å²) >= 11 is 5.97. The number of aromatic nitrogens is 1. The third kappa shape index (κ3) is 7.33. The maximum Gasteiger partial charge on any atom is 0.328 e. The highest BCUT2D eigenvalue weighted by Gasteiger charge is 2.29. The lowest BCUT2D eigenvalue weighted by Crippen LogP contribution is -2.42. The van der Waals surface area contributed by atoms with Crippen molar-refractivity contribution >= 4 is 23.5 Å². The number of nitrogens with one attached hydrogen (secondary N) is 1. The molecule has 0 radical (unpaired) electrons. The van der Waals surface area contributed by atoms with Crippen LogP contribution in [0.3, 0.4) is 0 Å². The van der Waals surface area contributed by atoms with E-state index in [1.807, 2.05) is 6.07 Å². The number of ether oxygens (including phenoxy) is 4. The van der Waals surface area contributed by atoms with Gasteiger partial charge in [0.2, 0.25) is 0 Å². The lowest BCUT2D eigenvalue weighted by atomic mass is 10.0. The second-order valence-corrected chi connectivity index (χ2v) is 8.45. The van der Waals surface area contributed by atoms with Crippen molar-refractivity contribution in [3.63, 3.8) is 0 Å². The molecule has 1 N–H and O–H groups in total. The molecule has 0 spiro atoms. The minimum atomic E-state index is -1.03. The lowest BCUT2D eigenvalue weighted by Gasteiger charge is -2.27. The van der Waals surface area contributed by atoms with Crippen molar-refractivity contribution in [2.45, 2.75) is 39.0 Å². The van der Waals surface area contributed by atoms with Gasteiger partial charge in [0, 0.05) is 23.4 Å². The Morgan fingerprint density at radius 1 is 1.11 bits per heavy atom. The van der Waals surface area contributed by atoms with Gasteiger partial charge in [-0.1, -0.05) is 41.9 Å². The molecule has 0 aliphatic heterocycles. The first kappa shape index (κ1) is 27.7. The van der Waals surface area contributed by atoms with Crippen LogP contribution in [-0.2, 0) is 9.53 Å². The van der Waals surface area contributed by atoms with Crippen LogP contribution in [0.2, 0.25) is 5.02 Å². The zero-order valence-electron chi connectivity index (χ0n) is 20.9. The van der Waals surface area contributed by atoms with Crippen molar-refractivity contribution in [2.24, 2.45) is 0 Å². The Morgan fingerprint density at radius 3 is 2.49 bits per heavy atom.